The summed E-state index contributed by atoms with van der Waals surface area (Å²) >= 11 is 5.11. The number of carbonyl (C=O) groups is 2. The third-order valence-corrected chi connectivity index (χ3v) is 8.21. The number of aryl methyl sites for hydroxylation is 1. The number of carbonyl (C=O) groups excluding carboxylic acids is 2. The lowest BCUT2D eigenvalue weighted by Gasteiger charge is -2.25. The normalized spacial score (nSPS) is 21.0. The molecule has 3 heterocycles. The summed E-state index contributed by atoms with van der Waals surface area (Å²) in [5.41, 5.74) is 7.06. The zero-order valence-electron chi connectivity index (χ0n) is 19.3. The summed E-state index contributed by atoms with van der Waals surface area (Å²) < 4.78 is 0.974. The number of amides is 2. The molecule has 0 radical (unpaired) electrons. The van der Waals surface area contributed by atoms with E-state index >= 15 is 0 Å². The van der Waals surface area contributed by atoms with Gasteiger partial charge in [0.2, 0.25) is 11.8 Å². The quantitative estimate of drug-likeness (QED) is 0.427. The van der Waals surface area contributed by atoms with Crippen molar-refractivity contribution in [2.45, 2.75) is 44.4 Å². The number of aromatic nitrogens is 1. The van der Waals surface area contributed by atoms with Crippen LogP contribution in [0.25, 0.3) is 10.4 Å². The third-order valence-electron chi connectivity index (χ3n) is 6.74. The van der Waals surface area contributed by atoms with Crippen LogP contribution < -0.4 is 10.6 Å². The highest BCUT2D eigenvalue weighted by atomic mass is 79.9. The van der Waals surface area contributed by atoms with Crippen molar-refractivity contribution in [3.8, 4) is 10.4 Å². The Labute approximate surface area is 216 Å². The molecule has 3 N–H and O–H groups in total. The number of hydrogen-bond donors (Lipinski definition) is 3. The van der Waals surface area contributed by atoms with E-state index in [4.69, 9.17) is 0 Å². The Kier molecular flexibility index (Phi) is 6.91. The number of likely N-dealkylation sites (tertiary alicyclic amines) is 1. The molecule has 7 nitrogen and oxygen atoms in total. The van der Waals surface area contributed by atoms with Crippen molar-refractivity contribution in [1.82, 2.24) is 15.2 Å². The zero-order chi connectivity index (χ0) is 24.5. The van der Waals surface area contributed by atoms with Crippen LogP contribution in [-0.4, -0.2) is 52.0 Å². The van der Waals surface area contributed by atoms with Crippen molar-refractivity contribution in [3.05, 3.63) is 69.3 Å². The Balaban J connectivity index is 1.20. The van der Waals surface area contributed by atoms with Crippen molar-refractivity contribution in [1.29, 1.82) is 0 Å². The van der Waals surface area contributed by atoms with Crippen molar-refractivity contribution >= 4 is 44.8 Å². The number of rotatable bonds is 6. The number of hydrogen-bond acceptors (Lipinski definition) is 6. The van der Waals surface area contributed by atoms with Crippen LogP contribution in [0.15, 0.2) is 52.4 Å². The van der Waals surface area contributed by atoms with Gasteiger partial charge >= 0.3 is 0 Å². The zero-order valence-corrected chi connectivity index (χ0v) is 21.7. The van der Waals surface area contributed by atoms with Gasteiger partial charge in [-0.05, 0) is 41.8 Å². The summed E-state index contributed by atoms with van der Waals surface area (Å²) in [4.78, 5) is 33.2. The van der Waals surface area contributed by atoms with Crippen LogP contribution in [0.1, 0.15) is 35.6 Å². The fraction of sp³-hybridized carbons (Fsp3) is 0.346. The van der Waals surface area contributed by atoms with Gasteiger partial charge in [0, 0.05) is 48.6 Å². The summed E-state index contributed by atoms with van der Waals surface area (Å²) in [7, 11) is 0. The minimum Gasteiger partial charge on any atom is -0.391 e. The monoisotopic (exact) mass is 554 g/mol. The van der Waals surface area contributed by atoms with Gasteiger partial charge in [-0.15, -0.1) is 11.3 Å². The van der Waals surface area contributed by atoms with Crippen LogP contribution in [-0.2, 0) is 16.1 Å². The van der Waals surface area contributed by atoms with E-state index in [1.807, 2.05) is 54.9 Å². The number of aliphatic hydroxyl groups is 1. The van der Waals surface area contributed by atoms with Gasteiger partial charge in [-0.3, -0.25) is 9.59 Å². The minimum absolute atomic E-state index is 0.0390. The number of nitrogens with one attached hydrogen (secondary N) is 2. The highest BCUT2D eigenvalue weighted by molar-refractivity contribution is 9.10. The average Bonchev–Trinajstić information content (AvgIpc) is 3.56. The van der Waals surface area contributed by atoms with Gasteiger partial charge in [-0.2, -0.15) is 0 Å². The van der Waals surface area contributed by atoms with Gasteiger partial charge in [-0.1, -0.05) is 40.2 Å². The maximum absolute atomic E-state index is 13.2. The number of anilines is 1. The molecule has 1 aromatic heterocycles. The van der Waals surface area contributed by atoms with Crippen LogP contribution in [0, 0.1) is 6.92 Å². The number of aliphatic hydroxyl groups excluding tert-OH is 1. The third kappa shape index (κ3) is 5.12. The van der Waals surface area contributed by atoms with Crippen molar-refractivity contribution < 1.29 is 14.7 Å². The Morgan fingerprint density at radius 1 is 1.26 bits per heavy atom. The number of β-amino-alcohol motifs (C(OH)–C–C–N with tert-alkyl or cyclic N) is 1. The molecule has 1 unspecified atom stereocenters. The molecule has 0 saturated carbocycles. The van der Waals surface area contributed by atoms with Gasteiger partial charge < -0.3 is 20.6 Å². The van der Waals surface area contributed by atoms with Crippen molar-refractivity contribution in [2.24, 2.45) is 0 Å². The molecule has 2 aliphatic heterocycles. The molecular weight excluding hydrogens is 528 g/mol. The van der Waals surface area contributed by atoms with Crippen LogP contribution in [0.4, 0.5) is 5.69 Å². The van der Waals surface area contributed by atoms with E-state index in [-0.39, 0.29) is 30.7 Å². The van der Waals surface area contributed by atoms with Crippen LogP contribution in [0.5, 0.6) is 0 Å². The van der Waals surface area contributed by atoms with Crippen molar-refractivity contribution in [2.75, 3.05) is 18.4 Å². The molecule has 2 aromatic carbocycles. The minimum atomic E-state index is -0.695. The SMILES string of the molecule is Cc1ncsc1-c1ccc(CNC(=O)[C@@H]2C[C@@H](O)CN2C(=O)CC2CNc3ccc(Br)cc32)cc1. The van der Waals surface area contributed by atoms with Crippen LogP contribution in [0.2, 0.25) is 0 Å². The summed E-state index contributed by atoms with van der Waals surface area (Å²) in [6.07, 6.45) is -0.141. The molecule has 2 aliphatic rings. The van der Waals surface area contributed by atoms with E-state index in [0.717, 1.165) is 37.4 Å². The fourth-order valence-corrected chi connectivity index (χ4v) is 6.07. The average molecular weight is 555 g/mol. The summed E-state index contributed by atoms with van der Waals surface area (Å²) in [6.45, 7) is 3.22. The first-order valence-electron chi connectivity index (χ1n) is 11.7. The molecule has 0 spiro atoms. The fourth-order valence-electron chi connectivity index (χ4n) is 4.88. The largest absolute Gasteiger partial charge is 0.391 e. The van der Waals surface area contributed by atoms with E-state index in [1.165, 1.54) is 0 Å². The smallest absolute Gasteiger partial charge is 0.243 e. The first-order chi connectivity index (χ1) is 16.9. The predicted molar refractivity (Wildman–Crippen MR) is 140 cm³/mol. The van der Waals surface area contributed by atoms with E-state index < -0.39 is 12.1 Å². The van der Waals surface area contributed by atoms with Gasteiger partial charge in [0.1, 0.15) is 6.04 Å². The molecule has 9 heteroatoms. The molecule has 0 bridgehead atoms. The lowest BCUT2D eigenvalue weighted by atomic mass is 9.97. The topological polar surface area (TPSA) is 94.6 Å². The van der Waals surface area contributed by atoms with Crippen LogP contribution >= 0.6 is 27.3 Å². The number of halogens is 1. The van der Waals surface area contributed by atoms with Gasteiger partial charge in [0.05, 0.1) is 22.2 Å². The van der Waals surface area contributed by atoms with Gasteiger partial charge in [0.25, 0.3) is 0 Å². The van der Waals surface area contributed by atoms with Gasteiger partial charge in [0.15, 0.2) is 0 Å². The molecule has 1 saturated heterocycles. The number of thiazole rings is 1. The number of nitrogens with zero attached hydrogens (tertiary/aromatic N) is 2. The first-order valence-corrected chi connectivity index (χ1v) is 13.3. The summed E-state index contributed by atoms with van der Waals surface area (Å²) in [5, 5.41) is 16.6. The maximum atomic E-state index is 13.2. The molecule has 3 aromatic rings. The van der Waals surface area contributed by atoms with E-state index in [1.54, 1.807) is 16.2 Å². The second kappa shape index (κ2) is 10.1. The molecule has 5 rings (SSSR count). The molecule has 35 heavy (non-hydrogen) atoms. The Bertz CT molecular complexity index is 1250. The second-order valence-electron chi connectivity index (χ2n) is 9.15. The lowest BCUT2D eigenvalue weighted by molar-refractivity contribution is -0.138. The molecule has 0 aliphatic carbocycles. The van der Waals surface area contributed by atoms with Crippen LogP contribution in [0.3, 0.4) is 0 Å². The first kappa shape index (κ1) is 24.0. The second-order valence-corrected chi connectivity index (χ2v) is 10.9. The maximum Gasteiger partial charge on any atom is 0.243 e. The standard InChI is InChI=1S/C26H27BrN4O3S/c1-15-25(35-14-30-15)17-4-2-16(3-5-17)11-29-26(34)23-10-20(32)13-31(23)24(33)8-18-12-28-22-7-6-19(27)9-21(18)22/h2-7,9,14,18,20,23,28,32H,8,10-13H2,1H3,(H,29,34)/t18?,20-,23+/m1/s1. The Hall–Kier alpha value is -2.75. The van der Waals surface area contributed by atoms with Crippen molar-refractivity contribution in [3.63, 3.8) is 0 Å². The molecule has 1 fully saturated rings. The van der Waals surface area contributed by atoms with E-state index in [2.05, 4.69) is 31.5 Å². The lowest BCUT2D eigenvalue weighted by Crippen LogP contribution is -2.46. The molecule has 2 amide bonds. The Morgan fingerprint density at radius 2 is 2.06 bits per heavy atom. The number of benzene rings is 2. The highest BCUT2D eigenvalue weighted by Gasteiger charge is 2.39. The molecular formula is C26H27BrN4O3S. The number of fused-ring (bicyclic) bond motifs is 1. The molecule has 182 valence electrons. The predicted octanol–water partition coefficient (Wildman–Crippen LogP) is 4.06. The highest BCUT2D eigenvalue weighted by Crippen LogP contribution is 2.36. The van der Waals surface area contributed by atoms with E-state index in [0.29, 0.717) is 19.5 Å². The van der Waals surface area contributed by atoms with E-state index in [9.17, 15) is 14.7 Å². The summed E-state index contributed by atoms with van der Waals surface area (Å²) in [6, 6.07) is 13.4. The van der Waals surface area contributed by atoms with Gasteiger partial charge in [-0.25, -0.2) is 4.98 Å². The Morgan fingerprint density at radius 3 is 2.80 bits per heavy atom. The molecule has 3 atom stereocenters. The summed E-state index contributed by atoms with van der Waals surface area (Å²) in [5.74, 6) is -0.298.